The van der Waals surface area contributed by atoms with Crippen LogP contribution in [-0.2, 0) is 24.2 Å². The first-order chi connectivity index (χ1) is 11.7. The van der Waals surface area contributed by atoms with Gasteiger partial charge in [0, 0.05) is 37.8 Å². The van der Waals surface area contributed by atoms with Gasteiger partial charge in [-0.1, -0.05) is 0 Å². The van der Waals surface area contributed by atoms with Gasteiger partial charge in [0.25, 0.3) is 0 Å². The van der Waals surface area contributed by atoms with Gasteiger partial charge in [-0.15, -0.1) is 0 Å². The molecule has 1 N–H and O–H groups in total. The molecule has 2 aromatic rings. The average Bonchev–Trinajstić information content (AvgIpc) is 3.34. The summed E-state index contributed by atoms with van der Waals surface area (Å²) in [7, 11) is 2.06. The molecule has 24 heavy (non-hydrogen) atoms. The minimum atomic E-state index is 0.269. The van der Waals surface area contributed by atoms with Crippen molar-refractivity contribution in [1.82, 2.24) is 25.1 Å². The van der Waals surface area contributed by atoms with Crippen LogP contribution in [0, 0.1) is 5.92 Å². The third kappa shape index (κ3) is 2.98. The van der Waals surface area contributed by atoms with Crippen LogP contribution in [0.5, 0.6) is 0 Å². The van der Waals surface area contributed by atoms with E-state index in [0.717, 1.165) is 50.3 Å². The maximum atomic E-state index is 12.3. The van der Waals surface area contributed by atoms with Crippen molar-refractivity contribution in [2.45, 2.75) is 32.2 Å². The highest BCUT2D eigenvalue weighted by atomic mass is 16.2. The van der Waals surface area contributed by atoms with E-state index in [1.807, 2.05) is 17.3 Å². The molecule has 3 heterocycles. The summed E-state index contributed by atoms with van der Waals surface area (Å²) in [6, 6.07) is 0. The Morgan fingerprint density at radius 2 is 2.29 bits per heavy atom. The zero-order valence-electron chi connectivity index (χ0n) is 13.9. The smallest absolute Gasteiger partial charge is 0.226 e. The normalized spacial score (nSPS) is 16.8. The van der Waals surface area contributed by atoms with Crippen molar-refractivity contribution in [2.24, 2.45) is 5.92 Å². The number of aromatic nitrogens is 4. The van der Waals surface area contributed by atoms with E-state index in [2.05, 4.69) is 32.1 Å². The number of carbonyl (C=O) groups excluding carboxylic acids is 1. The second kappa shape index (κ2) is 6.22. The highest BCUT2D eigenvalue weighted by Gasteiger charge is 2.35. The van der Waals surface area contributed by atoms with Crippen molar-refractivity contribution in [1.29, 1.82) is 0 Å². The Hall–Kier alpha value is -2.44. The highest BCUT2D eigenvalue weighted by molar-refractivity contribution is 5.81. The minimum Gasteiger partial charge on any atom is -0.359 e. The second-order valence-electron chi connectivity index (χ2n) is 6.68. The third-order valence-corrected chi connectivity index (χ3v) is 4.87. The van der Waals surface area contributed by atoms with E-state index in [-0.39, 0.29) is 5.92 Å². The van der Waals surface area contributed by atoms with Crippen molar-refractivity contribution < 1.29 is 4.79 Å². The molecule has 0 aromatic carbocycles. The zero-order chi connectivity index (χ0) is 16.5. The summed E-state index contributed by atoms with van der Waals surface area (Å²) < 4.78 is 0. The van der Waals surface area contributed by atoms with Gasteiger partial charge in [-0.25, -0.2) is 9.97 Å². The fraction of sp³-hybridized carbons (Fsp3) is 0.529. The summed E-state index contributed by atoms with van der Waals surface area (Å²) in [6.45, 7) is 2.27. The van der Waals surface area contributed by atoms with Gasteiger partial charge in [0.2, 0.25) is 5.91 Å². The number of anilines is 1. The molecule has 1 saturated carbocycles. The molecule has 4 rings (SSSR count). The molecule has 7 nitrogen and oxygen atoms in total. The van der Waals surface area contributed by atoms with Gasteiger partial charge >= 0.3 is 0 Å². The Labute approximate surface area is 141 Å². The summed E-state index contributed by atoms with van der Waals surface area (Å²) in [6.07, 6.45) is 9.24. The largest absolute Gasteiger partial charge is 0.359 e. The first kappa shape index (κ1) is 15.1. The number of aromatic amines is 1. The molecule has 7 heteroatoms. The first-order valence-electron chi connectivity index (χ1n) is 8.52. The number of nitrogens with zero attached hydrogens (tertiary/aromatic N) is 5. The Kier molecular flexibility index (Phi) is 3.92. The molecule has 1 fully saturated rings. The van der Waals surface area contributed by atoms with Gasteiger partial charge in [0.05, 0.1) is 18.4 Å². The van der Waals surface area contributed by atoms with E-state index in [0.29, 0.717) is 12.5 Å². The van der Waals surface area contributed by atoms with Crippen LogP contribution in [0.2, 0.25) is 0 Å². The zero-order valence-corrected chi connectivity index (χ0v) is 13.9. The molecule has 0 radical (unpaired) electrons. The summed E-state index contributed by atoms with van der Waals surface area (Å²) in [5.74, 6) is 1.56. The van der Waals surface area contributed by atoms with Gasteiger partial charge in [0.1, 0.15) is 12.1 Å². The first-order valence-corrected chi connectivity index (χ1v) is 8.52. The molecular weight excluding hydrogens is 304 g/mol. The lowest BCUT2D eigenvalue weighted by Gasteiger charge is -2.31. The van der Waals surface area contributed by atoms with E-state index < -0.39 is 0 Å². The molecule has 1 aliphatic heterocycles. The van der Waals surface area contributed by atoms with Crippen LogP contribution in [-0.4, -0.2) is 51.1 Å². The number of amides is 1. The van der Waals surface area contributed by atoms with Crippen LogP contribution < -0.4 is 4.90 Å². The molecule has 0 unspecified atom stereocenters. The Morgan fingerprint density at radius 3 is 3.04 bits per heavy atom. The molecular formula is C17H22N6O. The van der Waals surface area contributed by atoms with Crippen molar-refractivity contribution in [3.8, 4) is 0 Å². The molecule has 1 amide bonds. The number of H-pyrrole nitrogens is 1. The number of carbonyl (C=O) groups is 1. The van der Waals surface area contributed by atoms with Gasteiger partial charge in [-0.3, -0.25) is 9.89 Å². The highest BCUT2D eigenvalue weighted by Crippen LogP contribution is 2.33. The summed E-state index contributed by atoms with van der Waals surface area (Å²) in [5, 5.41) is 6.82. The lowest BCUT2D eigenvalue weighted by molar-refractivity contribution is -0.133. The van der Waals surface area contributed by atoms with Crippen molar-refractivity contribution in [3.05, 3.63) is 35.5 Å². The lowest BCUT2D eigenvalue weighted by atomic mass is 10.0. The monoisotopic (exact) mass is 326 g/mol. The fourth-order valence-electron chi connectivity index (χ4n) is 3.26. The van der Waals surface area contributed by atoms with E-state index in [4.69, 9.17) is 0 Å². The molecule has 0 spiro atoms. The number of fused-ring (bicyclic) bond motifs is 1. The number of hydrogen-bond acceptors (Lipinski definition) is 5. The molecule has 2 aliphatic rings. The van der Waals surface area contributed by atoms with E-state index >= 15 is 0 Å². The quantitative estimate of drug-likeness (QED) is 0.892. The van der Waals surface area contributed by atoms with Crippen LogP contribution >= 0.6 is 0 Å². The molecule has 2 aromatic heterocycles. The van der Waals surface area contributed by atoms with E-state index in [1.54, 1.807) is 6.33 Å². The van der Waals surface area contributed by atoms with Gasteiger partial charge in [-0.2, -0.15) is 5.10 Å². The van der Waals surface area contributed by atoms with Gasteiger partial charge in [0.15, 0.2) is 0 Å². The molecule has 1 aliphatic carbocycles. The van der Waals surface area contributed by atoms with Crippen molar-refractivity contribution in [3.63, 3.8) is 0 Å². The van der Waals surface area contributed by atoms with Crippen LogP contribution in [0.15, 0.2) is 18.7 Å². The van der Waals surface area contributed by atoms with Crippen LogP contribution in [0.4, 0.5) is 5.82 Å². The Bertz CT molecular complexity index is 725. The number of rotatable bonds is 5. The molecule has 126 valence electrons. The SMILES string of the molecule is CN(CCc1cn[nH]c1)c1ncnc2c1CCN(C(=O)C1CC1)C2. The Balaban J connectivity index is 1.47. The van der Waals surface area contributed by atoms with Crippen LogP contribution in [0.3, 0.4) is 0 Å². The average molecular weight is 326 g/mol. The summed E-state index contributed by atoms with van der Waals surface area (Å²) in [5.41, 5.74) is 3.37. The molecule has 0 atom stereocenters. The predicted molar refractivity (Wildman–Crippen MR) is 89.4 cm³/mol. The van der Waals surface area contributed by atoms with Gasteiger partial charge in [-0.05, 0) is 31.2 Å². The summed E-state index contributed by atoms with van der Waals surface area (Å²) in [4.78, 5) is 25.4. The van der Waals surface area contributed by atoms with Crippen molar-refractivity contribution >= 4 is 11.7 Å². The second-order valence-corrected chi connectivity index (χ2v) is 6.68. The van der Waals surface area contributed by atoms with E-state index in [1.165, 1.54) is 11.1 Å². The number of likely N-dealkylation sites (N-methyl/N-ethyl adjacent to an activating group) is 1. The van der Waals surface area contributed by atoms with Crippen molar-refractivity contribution in [2.75, 3.05) is 25.0 Å². The number of nitrogens with one attached hydrogen (secondary N) is 1. The molecule has 0 saturated heterocycles. The van der Waals surface area contributed by atoms with Gasteiger partial charge < -0.3 is 9.80 Å². The Morgan fingerprint density at radius 1 is 1.42 bits per heavy atom. The number of hydrogen-bond donors (Lipinski definition) is 1. The van der Waals surface area contributed by atoms with Crippen LogP contribution in [0.1, 0.15) is 29.7 Å². The minimum absolute atomic E-state index is 0.269. The van der Waals surface area contributed by atoms with Crippen LogP contribution in [0.25, 0.3) is 0 Å². The molecule has 0 bridgehead atoms. The standard InChI is InChI=1S/C17H22N6O/c1-22(6-4-12-8-20-21-9-12)16-14-5-7-23(17(24)13-2-3-13)10-15(14)18-11-19-16/h8-9,11,13H,2-7,10H2,1H3,(H,20,21). The predicted octanol–water partition coefficient (Wildman–Crippen LogP) is 1.17. The topological polar surface area (TPSA) is 78.0 Å². The third-order valence-electron chi connectivity index (χ3n) is 4.87. The maximum Gasteiger partial charge on any atom is 0.226 e. The fourth-order valence-corrected chi connectivity index (χ4v) is 3.26. The van der Waals surface area contributed by atoms with E-state index in [9.17, 15) is 4.79 Å². The summed E-state index contributed by atoms with van der Waals surface area (Å²) >= 11 is 0. The maximum absolute atomic E-state index is 12.3. The lowest BCUT2D eigenvalue weighted by Crippen LogP contribution is -2.38.